The Morgan fingerprint density at radius 3 is 2.64 bits per heavy atom. The number of halogens is 3. The highest BCUT2D eigenvalue weighted by molar-refractivity contribution is 5.82. The zero-order valence-electron chi connectivity index (χ0n) is 12.1. The van der Waals surface area contributed by atoms with Gasteiger partial charge in [0.25, 0.3) is 5.88 Å². The third-order valence-corrected chi connectivity index (χ3v) is 3.18. The highest BCUT2D eigenvalue weighted by Crippen LogP contribution is 2.36. The summed E-state index contributed by atoms with van der Waals surface area (Å²) in [5, 5.41) is 10.6. The van der Waals surface area contributed by atoms with Gasteiger partial charge in [0, 0.05) is 29.8 Å². The van der Waals surface area contributed by atoms with E-state index >= 15 is 0 Å². The van der Waals surface area contributed by atoms with Crippen LogP contribution in [-0.4, -0.2) is 9.91 Å². The van der Waals surface area contributed by atoms with Crippen molar-refractivity contribution in [3.05, 3.63) is 68.7 Å². The predicted octanol–water partition coefficient (Wildman–Crippen LogP) is 3.91. The lowest BCUT2D eigenvalue weighted by molar-refractivity contribution is -0.386. The number of ether oxygens (including phenoxy) is 1. The Kier molecular flexibility index (Phi) is 3.87. The first-order chi connectivity index (χ1) is 11.8. The molecular weight excluding hydrogens is 345 g/mol. The second-order valence-electron chi connectivity index (χ2n) is 4.82. The third-order valence-electron chi connectivity index (χ3n) is 3.18. The van der Waals surface area contributed by atoms with Crippen molar-refractivity contribution in [1.29, 1.82) is 0 Å². The van der Waals surface area contributed by atoms with Crippen molar-refractivity contribution in [3.63, 3.8) is 0 Å². The molecule has 0 spiro atoms. The average Bonchev–Trinajstić information content (AvgIpc) is 2.53. The van der Waals surface area contributed by atoms with Crippen LogP contribution in [0, 0.1) is 10.1 Å². The topological polar surface area (TPSA) is 95.5 Å². The molecule has 0 amide bonds. The average molecular weight is 352 g/mol. The number of aromatic nitrogens is 1. The fourth-order valence-corrected chi connectivity index (χ4v) is 2.15. The number of hydrogen-bond donors (Lipinski definition) is 0. The maximum Gasteiger partial charge on any atom is 0.417 e. The van der Waals surface area contributed by atoms with E-state index in [0.29, 0.717) is 6.07 Å². The molecule has 10 heteroatoms. The normalized spacial score (nSPS) is 11.5. The minimum absolute atomic E-state index is 0.0724. The Balaban J connectivity index is 2.09. The molecule has 0 bridgehead atoms. The molecule has 25 heavy (non-hydrogen) atoms. The first kappa shape index (κ1) is 16.4. The molecule has 0 aliphatic carbocycles. The van der Waals surface area contributed by atoms with Crippen LogP contribution in [0.5, 0.6) is 11.6 Å². The Bertz CT molecular complexity index is 1030. The zero-order valence-corrected chi connectivity index (χ0v) is 12.1. The van der Waals surface area contributed by atoms with E-state index in [0.717, 1.165) is 24.3 Å². The Labute approximate surface area is 136 Å². The molecule has 7 nitrogen and oxygen atoms in total. The summed E-state index contributed by atoms with van der Waals surface area (Å²) < 4.78 is 49.0. The van der Waals surface area contributed by atoms with Crippen molar-refractivity contribution in [2.24, 2.45) is 0 Å². The number of rotatable bonds is 3. The van der Waals surface area contributed by atoms with Crippen LogP contribution in [0.2, 0.25) is 0 Å². The van der Waals surface area contributed by atoms with Crippen LogP contribution in [0.3, 0.4) is 0 Å². The monoisotopic (exact) mass is 352 g/mol. The summed E-state index contributed by atoms with van der Waals surface area (Å²) in [5.74, 6) is -0.419. The summed E-state index contributed by atoms with van der Waals surface area (Å²) in [7, 11) is 0. The van der Waals surface area contributed by atoms with E-state index < -0.39 is 28.0 Å². The minimum Gasteiger partial charge on any atom is -0.434 e. The molecule has 0 atom stereocenters. The summed E-state index contributed by atoms with van der Waals surface area (Å²) in [6.45, 7) is 0. The van der Waals surface area contributed by atoms with Gasteiger partial charge in [-0.25, -0.2) is 9.78 Å². The van der Waals surface area contributed by atoms with Gasteiger partial charge in [-0.15, -0.1) is 0 Å². The van der Waals surface area contributed by atoms with Crippen molar-refractivity contribution < 1.29 is 27.2 Å². The van der Waals surface area contributed by atoms with Crippen LogP contribution in [0.4, 0.5) is 18.9 Å². The molecule has 2 aromatic heterocycles. The van der Waals surface area contributed by atoms with Gasteiger partial charge in [-0.05, 0) is 18.2 Å². The van der Waals surface area contributed by atoms with Crippen molar-refractivity contribution in [3.8, 4) is 11.6 Å². The SMILES string of the molecule is O=c1cc(C(F)(F)F)c2ccc(Oc3ncccc3[N+](=O)[O-])cc2o1. The lowest BCUT2D eigenvalue weighted by atomic mass is 10.1. The van der Waals surface area contributed by atoms with Gasteiger partial charge in [0.1, 0.15) is 11.3 Å². The molecule has 2 heterocycles. The number of nitro groups is 1. The molecule has 0 fully saturated rings. The maximum absolute atomic E-state index is 13.0. The van der Waals surface area contributed by atoms with Gasteiger partial charge in [-0.2, -0.15) is 13.2 Å². The number of nitrogens with zero attached hydrogens (tertiary/aromatic N) is 2. The first-order valence-electron chi connectivity index (χ1n) is 6.68. The van der Waals surface area contributed by atoms with Crippen LogP contribution in [0.25, 0.3) is 11.0 Å². The molecule has 0 aliphatic heterocycles. The zero-order chi connectivity index (χ0) is 18.2. The molecule has 0 saturated carbocycles. The Hall–Kier alpha value is -3.43. The fraction of sp³-hybridized carbons (Fsp3) is 0.0667. The molecule has 1 aromatic carbocycles. The number of alkyl halides is 3. The second-order valence-corrected chi connectivity index (χ2v) is 4.82. The molecule has 0 radical (unpaired) electrons. The number of hydrogen-bond acceptors (Lipinski definition) is 6. The molecule has 0 unspecified atom stereocenters. The van der Waals surface area contributed by atoms with Crippen LogP contribution in [0.15, 0.2) is 51.8 Å². The van der Waals surface area contributed by atoms with E-state index in [1.165, 1.54) is 12.3 Å². The van der Waals surface area contributed by atoms with Gasteiger partial charge in [0.05, 0.1) is 10.5 Å². The number of pyridine rings is 1. The summed E-state index contributed by atoms with van der Waals surface area (Å²) in [5.41, 5.74) is -3.11. The van der Waals surface area contributed by atoms with Crippen LogP contribution >= 0.6 is 0 Å². The molecule has 3 rings (SSSR count). The molecule has 0 aliphatic rings. The standard InChI is InChI=1S/C15H7F3N2O5/c16-15(17,18)10-7-13(21)25-12-6-8(3-4-9(10)12)24-14-11(20(22)23)2-1-5-19-14/h1-7H. The van der Waals surface area contributed by atoms with Crippen LogP contribution in [-0.2, 0) is 6.18 Å². The predicted molar refractivity (Wildman–Crippen MR) is 78.5 cm³/mol. The largest absolute Gasteiger partial charge is 0.434 e. The maximum atomic E-state index is 13.0. The summed E-state index contributed by atoms with van der Waals surface area (Å²) >= 11 is 0. The lowest BCUT2D eigenvalue weighted by Gasteiger charge is -2.10. The fourth-order valence-electron chi connectivity index (χ4n) is 2.15. The molecular formula is C15H7F3N2O5. The van der Waals surface area contributed by atoms with E-state index in [1.54, 1.807) is 0 Å². The lowest BCUT2D eigenvalue weighted by Crippen LogP contribution is -2.10. The van der Waals surface area contributed by atoms with Gasteiger partial charge in [0.15, 0.2) is 0 Å². The second kappa shape index (κ2) is 5.89. The Morgan fingerprint density at radius 1 is 1.20 bits per heavy atom. The molecule has 0 N–H and O–H groups in total. The highest BCUT2D eigenvalue weighted by atomic mass is 19.4. The van der Waals surface area contributed by atoms with Gasteiger partial charge >= 0.3 is 17.5 Å². The van der Waals surface area contributed by atoms with Crippen LogP contribution in [0.1, 0.15) is 5.56 Å². The van der Waals surface area contributed by atoms with E-state index in [1.807, 2.05) is 0 Å². The van der Waals surface area contributed by atoms with E-state index in [-0.39, 0.29) is 22.6 Å². The van der Waals surface area contributed by atoms with Crippen molar-refractivity contribution >= 4 is 16.7 Å². The van der Waals surface area contributed by atoms with Gasteiger partial charge in [-0.1, -0.05) is 0 Å². The minimum atomic E-state index is -4.74. The van der Waals surface area contributed by atoms with E-state index in [4.69, 9.17) is 9.15 Å². The van der Waals surface area contributed by atoms with E-state index in [2.05, 4.69) is 4.98 Å². The van der Waals surface area contributed by atoms with Crippen molar-refractivity contribution in [2.75, 3.05) is 0 Å². The van der Waals surface area contributed by atoms with Gasteiger partial charge < -0.3 is 9.15 Å². The summed E-state index contributed by atoms with van der Waals surface area (Å²) in [4.78, 5) is 25.3. The molecule has 3 aromatic rings. The van der Waals surface area contributed by atoms with Gasteiger partial charge in [-0.3, -0.25) is 10.1 Å². The third kappa shape index (κ3) is 3.27. The quantitative estimate of drug-likeness (QED) is 0.403. The first-order valence-corrected chi connectivity index (χ1v) is 6.68. The molecule has 128 valence electrons. The van der Waals surface area contributed by atoms with Gasteiger partial charge in [0.2, 0.25) is 0 Å². The smallest absolute Gasteiger partial charge is 0.417 e. The highest BCUT2D eigenvalue weighted by Gasteiger charge is 2.34. The summed E-state index contributed by atoms with van der Waals surface area (Å²) in [6, 6.07) is 6.09. The Morgan fingerprint density at radius 2 is 1.96 bits per heavy atom. The van der Waals surface area contributed by atoms with Crippen molar-refractivity contribution in [1.82, 2.24) is 4.98 Å². The summed E-state index contributed by atoms with van der Waals surface area (Å²) in [6.07, 6.45) is -3.48. The van der Waals surface area contributed by atoms with Crippen LogP contribution < -0.4 is 10.4 Å². The van der Waals surface area contributed by atoms with Crippen molar-refractivity contribution in [2.45, 2.75) is 6.18 Å². The number of fused-ring (bicyclic) bond motifs is 1. The van der Waals surface area contributed by atoms with E-state index in [9.17, 15) is 28.1 Å². The number of benzene rings is 1. The molecule has 0 saturated heterocycles.